The summed E-state index contributed by atoms with van der Waals surface area (Å²) in [6.07, 6.45) is 6.54. The Labute approximate surface area is 125 Å². The van der Waals surface area contributed by atoms with Crippen LogP contribution in [0.2, 0.25) is 0 Å². The van der Waals surface area contributed by atoms with Crippen LogP contribution in [-0.4, -0.2) is 40.2 Å². The Balaban J connectivity index is 1.57. The van der Waals surface area contributed by atoms with Gasteiger partial charge in [-0.1, -0.05) is 12.8 Å². The van der Waals surface area contributed by atoms with Gasteiger partial charge in [0.1, 0.15) is 6.10 Å². The number of ether oxygens (including phenoxy) is 1. The van der Waals surface area contributed by atoms with Gasteiger partial charge in [0.2, 0.25) is 11.8 Å². The molecule has 2 fully saturated rings. The lowest BCUT2D eigenvalue weighted by molar-refractivity contribution is -0.138. The minimum Gasteiger partial charge on any atom is -0.471 e. The maximum Gasteiger partial charge on any atom is 0.233 e. The molecule has 5 heteroatoms. The molecule has 1 saturated carbocycles. The summed E-state index contributed by atoms with van der Waals surface area (Å²) < 4.78 is 5.89. The Hall–Kier alpha value is -1.65. The van der Waals surface area contributed by atoms with Crippen molar-refractivity contribution in [3.63, 3.8) is 0 Å². The molecule has 1 aromatic rings. The fourth-order valence-electron chi connectivity index (χ4n) is 3.29. The van der Waals surface area contributed by atoms with Crippen LogP contribution < -0.4 is 4.74 Å². The topological polar surface area (TPSA) is 55.3 Å². The van der Waals surface area contributed by atoms with Gasteiger partial charge < -0.3 is 9.64 Å². The number of carbonyl (C=O) groups is 1. The first-order valence-corrected chi connectivity index (χ1v) is 7.98. The largest absolute Gasteiger partial charge is 0.471 e. The zero-order valence-electron chi connectivity index (χ0n) is 12.6. The van der Waals surface area contributed by atoms with E-state index in [9.17, 15) is 4.79 Å². The third-order valence-electron chi connectivity index (χ3n) is 4.46. The number of piperidine rings is 1. The molecule has 0 N–H and O–H groups in total. The lowest BCUT2D eigenvalue weighted by Crippen LogP contribution is -2.46. The number of likely N-dealkylation sites (tertiary alicyclic amines) is 1. The van der Waals surface area contributed by atoms with Gasteiger partial charge in [-0.15, -0.1) is 5.10 Å². The molecule has 1 atom stereocenters. The summed E-state index contributed by atoms with van der Waals surface area (Å²) in [5, 5.41) is 8.05. The highest BCUT2D eigenvalue weighted by atomic mass is 16.5. The predicted octanol–water partition coefficient (Wildman–Crippen LogP) is 2.35. The fourth-order valence-corrected chi connectivity index (χ4v) is 3.29. The fraction of sp³-hybridized carbons (Fsp3) is 0.688. The number of rotatable bonds is 3. The van der Waals surface area contributed by atoms with Gasteiger partial charge >= 0.3 is 0 Å². The van der Waals surface area contributed by atoms with Gasteiger partial charge in [0.15, 0.2) is 0 Å². The van der Waals surface area contributed by atoms with Crippen molar-refractivity contribution in [2.24, 2.45) is 5.92 Å². The standard InChI is InChI=1S/C16H23N3O2/c1-12-8-9-15(18-17-12)21-14-7-4-10-19(11-14)16(20)13-5-2-3-6-13/h8-9,13-14H,2-7,10-11H2,1H3. The van der Waals surface area contributed by atoms with Crippen LogP contribution in [0.5, 0.6) is 5.88 Å². The van der Waals surface area contributed by atoms with Gasteiger partial charge in [-0.25, -0.2) is 0 Å². The highest BCUT2D eigenvalue weighted by Gasteiger charge is 2.31. The second-order valence-corrected chi connectivity index (χ2v) is 6.16. The third kappa shape index (κ3) is 3.52. The molecule has 21 heavy (non-hydrogen) atoms. The van der Waals surface area contributed by atoms with E-state index >= 15 is 0 Å². The highest BCUT2D eigenvalue weighted by molar-refractivity contribution is 5.79. The van der Waals surface area contributed by atoms with Crippen LogP contribution in [0.4, 0.5) is 0 Å². The zero-order chi connectivity index (χ0) is 14.7. The van der Waals surface area contributed by atoms with E-state index < -0.39 is 0 Å². The average Bonchev–Trinajstić information content (AvgIpc) is 3.03. The van der Waals surface area contributed by atoms with Crippen LogP contribution in [0.1, 0.15) is 44.2 Å². The van der Waals surface area contributed by atoms with Gasteiger partial charge in [-0.05, 0) is 38.7 Å². The highest BCUT2D eigenvalue weighted by Crippen LogP contribution is 2.28. The minimum atomic E-state index is 0.0427. The first-order valence-electron chi connectivity index (χ1n) is 7.98. The van der Waals surface area contributed by atoms with Gasteiger partial charge in [0, 0.05) is 18.5 Å². The molecule has 0 spiro atoms. The Bertz CT molecular complexity index is 483. The monoisotopic (exact) mass is 289 g/mol. The van der Waals surface area contributed by atoms with E-state index in [1.807, 2.05) is 24.0 Å². The molecule has 1 aliphatic heterocycles. The van der Waals surface area contributed by atoms with Gasteiger partial charge in [-0.2, -0.15) is 5.10 Å². The molecule has 2 aliphatic rings. The molecular weight excluding hydrogens is 266 g/mol. The molecule has 1 amide bonds. The maximum atomic E-state index is 12.5. The van der Waals surface area contributed by atoms with Crippen molar-refractivity contribution in [2.75, 3.05) is 13.1 Å². The second kappa shape index (κ2) is 6.41. The average molecular weight is 289 g/mol. The zero-order valence-corrected chi connectivity index (χ0v) is 12.6. The minimum absolute atomic E-state index is 0.0427. The molecule has 0 radical (unpaired) electrons. The Morgan fingerprint density at radius 2 is 2.00 bits per heavy atom. The van der Waals surface area contributed by atoms with E-state index in [4.69, 9.17) is 4.74 Å². The number of carbonyl (C=O) groups excluding carboxylic acids is 1. The Morgan fingerprint density at radius 3 is 2.71 bits per heavy atom. The van der Waals surface area contributed by atoms with Crippen LogP contribution in [0, 0.1) is 12.8 Å². The summed E-state index contributed by atoms with van der Waals surface area (Å²) in [7, 11) is 0. The smallest absolute Gasteiger partial charge is 0.233 e. The Kier molecular flexibility index (Phi) is 4.36. The summed E-state index contributed by atoms with van der Waals surface area (Å²) in [4.78, 5) is 14.5. The van der Waals surface area contributed by atoms with Crippen molar-refractivity contribution >= 4 is 5.91 Å². The molecule has 1 aliphatic carbocycles. The van der Waals surface area contributed by atoms with Crippen molar-refractivity contribution in [2.45, 2.75) is 51.6 Å². The quantitative estimate of drug-likeness (QED) is 0.857. The van der Waals surface area contributed by atoms with E-state index in [-0.39, 0.29) is 12.0 Å². The SMILES string of the molecule is Cc1ccc(OC2CCCN(C(=O)C3CCCC3)C2)nn1. The summed E-state index contributed by atoms with van der Waals surface area (Å²) in [5.41, 5.74) is 0.879. The molecule has 0 aromatic carbocycles. The molecule has 1 unspecified atom stereocenters. The number of aryl methyl sites for hydroxylation is 1. The van der Waals surface area contributed by atoms with Crippen LogP contribution in [-0.2, 0) is 4.79 Å². The number of amides is 1. The summed E-state index contributed by atoms with van der Waals surface area (Å²) in [5.74, 6) is 1.14. The van der Waals surface area contributed by atoms with Crippen molar-refractivity contribution in [1.82, 2.24) is 15.1 Å². The van der Waals surface area contributed by atoms with Crippen LogP contribution in [0.25, 0.3) is 0 Å². The Morgan fingerprint density at radius 1 is 1.19 bits per heavy atom. The normalized spacial score (nSPS) is 23.3. The van der Waals surface area contributed by atoms with Gasteiger partial charge in [0.05, 0.1) is 12.2 Å². The molecule has 2 heterocycles. The molecule has 114 valence electrons. The van der Waals surface area contributed by atoms with Crippen LogP contribution >= 0.6 is 0 Å². The van der Waals surface area contributed by atoms with Crippen molar-refractivity contribution in [3.05, 3.63) is 17.8 Å². The van der Waals surface area contributed by atoms with Crippen molar-refractivity contribution < 1.29 is 9.53 Å². The summed E-state index contributed by atoms with van der Waals surface area (Å²) >= 11 is 0. The van der Waals surface area contributed by atoms with E-state index in [0.29, 0.717) is 18.3 Å². The molecule has 1 saturated heterocycles. The maximum absolute atomic E-state index is 12.5. The predicted molar refractivity (Wildman–Crippen MR) is 79.0 cm³/mol. The van der Waals surface area contributed by atoms with Gasteiger partial charge in [-0.3, -0.25) is 4.79 Å². The first kappa shape index (κ1) is 14.3. The summed E-state index contributed by atoms with van der Waals surface area (Å²) in [6, 6.07) is 3.74. The van der Waals surface area contributed by atoms with Crippen molar-refractivity contribution in [1.29, 1.82) is 0 Å². The third-order valence-corrected chi connectivity index (χ3v) is 4.46. The number of hydrogen-bond donors (Lipinski definition) is 0. The van der Waals surface area contributed by atoms with Gasteiger partial charge in [0.25, 0.3) is 0 Å². The number of aromatic nitrogens is 2. The molecule has 1 aromatic heterocycles. The lowest BCUT2D eigenvalue weighted by atomic mass is 10.0. The van der Waals surface area contributed by atoms with Crippen molar-refractivity contribution in [3.8, 4) is 5.88 Å². The molecule has 3 rings (SSSR count). The molecule has 0 bridgehead atoms. The lowest BCUT2D eigenvalue weighted by Gasteiger charge is -2.34. The van der Waals surface area contributed by atoms with Crippen LogP contribution in [0.15, 0.2) is 12.1 Å². The van der Waals surface area contributed by atoms with E-state index in [1.54, 1.807) is 0 Å². The number of hydrogen-bond acceptors (Lipinski definition) is 4. The summed E-state index contributed by atoms with van der Waals surface area (Å²) in [6.45, 7) is 3.46. The van der Waals surface area contributed by atoms with E-state index in [1.165, 1.54) is 12.8 Å². The second-order valence-electron chi connectivity index (χ2n) is 6.16. The molecular formula is C16H23N3O2. The van der Waals surface area contributed by atoms with Crippen LogP contribution in [0.3, 0.4) is 0 Å². The number of nitrogens with zero attached hydrogens (tertiary/aromatic N) is 3. The molecule has 5 nitrogen and oxygen atoms in total. The van der Waals surface area contributed by atoms with E-state index in [0.717, 1.165) is 37.9 Å². The first-order chi connectivity index (χ1) is 10.2. The van der Waals surface area contributed by atoms with E-state index in [2.05, 4.69) is 10.2 Å².